The van der Waals surface area contributed by atoms with Crippen LogP contribution in [-0.2, 0) is 19.3 Å². The molecule has 1 nitrogen and oxygen atoms in total. The summed E-state index contributed by atoms with van der Waals surface area (Å²) < 4.78 is 41.3. The van der Waals surface area contributed by atoms with Crippen LogP contribution in [0.4, 0.5) is 13.2 Å². The van der Waals surface area contributed by atoms with Crippen LogP contribution < -0.4 is 4.74 Å². The lowest BCUT2D eigenvalue weighted by atomic mass is 9.79. The molecule has 1 atom stereocenters. The van der Waals surface area contributed by atoms with E-state index in [1.807, 2.05) is 0 Å². The summed E-state index contributed by atoms with van der Waals surface area (Å²) in [7, 11) is 0. The fourth-order valence-electron chi connectivity index (χ4n) is 4.22. The van der Waals surface area contributed by atoms with Gasteiger partial charge < -0.3 is 4.74 Å². The first-order valence-electron chi connectivity index (χ1n) is 9.81. The smallest absolute Gasteiger partial charge is 0.406 e. The molecule has 0 saturated carbocycles. The SMILES string of the molecule is CCCc1ccc2cc(C3CCc4cc(OC(F)(F)F)ccc4C3)ccc2c1. The molecule has 28 heavy (non-hydrogen) atoms. The highest BCUT2D eigenvalue weighted by atomic mass is 19.4. The van der Waals surface area contributed by atoms with Crippen molar-refractivity contribution in [1.29, 1.82) is 0 Å². The Kier molecular flexibility index (Phi) is 5.05. The minimum atomic E-state index is -4.65. The van der Waals surface area contributed by atoms with Crippen molar-refractivity contribution in [3.8, 4) is 5.75 Å². The van der Waals surface area contributed by atoms with Gasteiger partial charge in [0.25, 0.3) is 0 Å². The first-order chi connectivity index (χ1) is 13.4. The Balaban J connectivity index is 1.54. The van der Waals surface area contributed by atoms with Gasteiger partial charge in [0.15, 0.2) is 0 Å². The molecule has 1 aliphatic carbocycles. The van der Waals surface area contributed by atoms with Crippen molar-refractivity contribution in [2.45, 2.75) is 51.3 Å². The van der Waals surface area contributed by atoms with E-state index in [1.54, 1.807) is 6.07 Å². The predicted octanol–water partition coefficient (Wildman–Crippen LogP) is 6.96. The number of alkyl halides is 3. The standard InChI is InChI=1S/C24H23F3O/c1-2-3-16-4-5-18-13-19(7-6-17(18)12-16)20-8-9-22-15-23(28-24(25,26)27)11-10-21(22)14-20/h4-7,10-13,15,20H,2-3,8-9,14H2,1H3. The van der Waals surface area contributed by atoms with Crippen LogP contribution in [0, 0.1) is 0 Å². The average molecular weight is 384 g/mol. The molecule has 1 unspecified atom stereocenters. The summed E-state index contributed by atoms with van der Waals surface area (Å²) in [5.41, 5.74) is 4.75. The van der Waals surface area contributed by atoms with Crippen molar-refractivity contribution in [1.82, 2.24) is 0 Å². The number of hydrogen-bond acceptors (Lipinski definition) is 1. The molecule has 0 bridgehead atoms. The first-order valence-corrected chi connectivity index (χ1v) is 9.81. The summed E-state index contributed by atoms with van der Waals surface area (Å²) in [4.78, 5) is 0. The van der Waals surface area contributed by atoms with Crippen molar-refractivity contribution in [2.75, 3.05) is 0 Å². The van der Waals surface area contributed by atoms with Crippen LogP contribution in [0.2, 0.25) is 0 Å². The zero-order valence-electron chi connectivity index (χ0n) is 15.9. The molecule has 1 aliphatic rings. The molecule has 4 rings (SSSR count). The van der Waals surface area contributed by atoms with Crippen LogP contribution in [-0.4, -0.2) is 6.36 Å². The van der Waals surface area contributed by atoms with E-state index in [9.17, 15) is 13.2 Å². The Morgan fingerprint density at radius 3 is 2.50 bits per heavy atom. The Labute approximate surface area is 163 Å². The molecule has 3 aromatic carbocycles. The van der Waals surface area contributed by atoms with E-state index in [2.05, 4.69) is 48.1 Å². The van der Waals surface area contributed by atoms with Gasteiger partial charge in [0, 0.05) is 0 Å². The molecule has 146 valence electrons. The van der Waals surface area contributed by atoms with Gasteiger partial charge in [0.2, 0.25) is 0 Å². The third-order valence-corrected chi connectivity index (χ3v) is 5.58. The highest BCUT2D eigenvalue weighted by Gasteiger charge is 2.31. The first kappa shape index (κ1) is 18.9. The fraction of sp³-hybridized carbons (Fsp3) is 0.333. The summed E-state index contributed by atoms with van der Waals surface area (Å²) in [6.07, 6.45) is 0.136. The van der Waals surface area contributed by atoms with E-state index in [-0.39, 0.29) is 5.75 Å². The van der Waals surface area contributed by atoms with E-state index >= 15 is 0 Å². The average Bonchev–Trinajstić information content (AvgIpc) is 2.66. The molecule has 0 N–H and O–H groups in total. The third-order valence-electron chi connectivity index (χ3n) is 5.58. The molecule has 0 aromatic heterocycles. The molecule has 0 aliphatic heterocycles. The van der Waals surface area contributed by atoms with Gasteiger partial charge >= 0.3 is 6.36 Å². The molecule has 0 saturated heterocycles. The zero-order valence-corrected chi connectivity index (χ0v) is 15.9. The summed E-state index contributed by atoms with van der Waals surface area (Å²) in [6.45, 7) is 2.19. The van der Waals surface area contributed by atoms with E-state index < -0.39 is 6.36 Å². The third kappa shape index (κ3) is 4.16. The number of hydrogen-bond donors (Lipinski definition) is 0. The lowest BCUT2D eigenvalue weighted by molar-refractivity contribution is -0.274. The molecule has 0 heterocycles. The van der Waals surface area contributed by atoms with Crippen molar-refractivity contribution in [2.24, 2.45) is 0 Å². The second-order valence-electron chi connectivity index (χ2n) is 7.61. The number of ether oxygens (including phenoxy) is 1. The molecular formula is C24H23F3O. The van der Waals surface area contributed by atoms with E-state index in [0.29, 0.717) is 5.92 Å². The van der Waals surface area contributed by atoms with Gasteiger partial charge in [-0.2, -0.15) is 0 Å². The van der Waals surface area contributed by atoms with Crippen molar-refractivity contribution < 1.29 is 17.9 Å². The van der Waals surface area contributed by atoms with Gasteiger partial charge in [-0.3, -0.25) is 0 Å². The molecule has 3 aromatic rings. The minimum Gasteiger partial charge on any atom is -0.406 e. The van der Waals surface area contributed by atoms with Crippen LogP contribution in [0.1, 0.15) is 47.9 Å². The maximum atomic E-state index is 12.4. The van der Waals surface area contributed by atoms with Crippen LogP contribution in [0.5, 0.6) is 5.75 Å². The van der Waals surface area contributed by atoms with Gasteiger partial charge in [-0.05, 0) is 76.8 Å². The summed E-state index contributed by atoms with van der Waals surface area (Å²) >= 11 is 0. The van der Waals surface area contributed by atoms with E-state index in [0.717, 1.165) is 43.2 Å². The van der Waals surface area contributed by atoms with Crippen LogP contribution >= 0.6 is 0 Å². The normalized spacial score (nSPS) is 16.8. The van der Waals surface area contributed by atoms with Crippen LogP contribution in [0.3, 0.4) is 0 Å². The van der Waals surface area contributed by atoms with E-state index in [4.69, 9.17) is 0 Å². The maximum absolute atomic E-state index is 12.4. The van der Waals surface area contributed by atoms with Crippen LogP contribution in [0.15, 0.2) is 54.6 Å². The second kappa shape index (κ2) is 7.50. The zero-order chi connectivity index (χ0) is 19.7. The molecule has 0 amide bonds. The number of benzene rings is 3. The van der Waals surface area contributed by atoms with Crippen molar-refractivity contribution >= 4 is 10.8 Å². The summed E-state index contributed by atoms with van der Waals surface area (Å²) in [5, 5.41) is 2.51. The number of halogens is 3. The topological polar surface area (TPSA) is 9.23 Å². The molecule has 0 fully saturated rings. The Morgan fingerprint density at radius 2 is 1.71 bits per heavy atom. The number of rotatable bonds is 4. The Bertz CT molecular complexity index is 991. The molecule has 4 heteroatoms. The number of fused-ring (bicyclic) bond motifs is 2. The maximum Gasteiger partial charge on any atom is 0.573 e. The van der Waals surface area contributed by atoms with Gasteiger partial charge in [-0.15, -0.1) is 13.2 Å². The molecule has 0 radical (unpaired) electrons. The lowest BCUT2D eigenvalue weighted by Gasteiger charge is -2.26. The van der Waals surface area contributed by atoms with Crippen molar-refractivity contribution in [3.63, 3.8) is 0 Å². The Hall–Kier alpha value is -2.49. The van der Waals surface area contributed by atoms with Crippen LogP contribution in [0.25, 0.3) is 10.8 Å². The molecular weight excluding hydrogens is 361 g/mol. The van der Waals surface area contributed by atoms with Gasteiger partial charge in [0.05, 0.1) is 0 Å². The fourth-order valence-corrected chi connectivity index (χ4v) is 4.22. The highest BCUT2D eigenvalue weighted by Crippen LogP contribution is 2.36. The number of aryl methyl sites for hydroxylation is 2. The van der Waals surface area contributed by atoms with E-state index in [1.165, 1.54) is 34.0 Å². The predicted molar refractivity (Wildman–Crippen MR) is 106 cm³/mol. The summed E-state index contributed by atoms with van der Waals surface area (Å²) in [5.74, 6) is 0.264. The van der Waals surface area contributed by atoms with Gasteiger partial charge in [-0.1, -0.05) is 55.8 Å². The Morgan fingerprint density at radius 1 is 0.929 bits per heavy atom. The second-order valence-corrected chi connectivity index (χ2v) is 7.61. The lowest BCUT2D eigenvalue weighted by Crippen LogP contribution is -2.18. The quantitative estimate of drug-likeness (QED) is 0.472. The largest absolute Gasteiger partial charge is 0.573 e. The minimum absolute atomic E-state index is 0.127. The van der Waals surface area contributed by atoms with Gasteiger partial charge in [-0.25, -0.2) is 0 Å². The molecule has 0 spiro atoms. The van der Waals surface area contributed by atoms with Gasteiger partial charge in [0.1, 0.15) is 5.75 Å². The van der Waals surface area contributed by atoms with Crippen molar-refractivity contribution in [3.05, 3.63) is 76.9 Å². The summed E-state index contributed by atoms with van der Waals surface area (Å²) in [6, 6.07) is 18.1. The highest BCUT2D eigenvalue weighted by molar-refractivity contribution is 5.84. The monoisotopic (exact) mass is 384 g/mol.